The van der Waals surface area contributed by atoms with Crippen molar-refractivity contribution in [3.8, 4) is 0 Å². The molecule has 2 heterocycles. The Bertz CT molecular complexity index is 698. The van der Waals surface area contributed by atoms with Crippen LogP contribution in [0.1, 0.15) is 38.5 Å². The molecule has 6 nitrogen and oxygen atoms in total. The van der Waals surface area contributed by atoms with Crippen molar-refractivity contribution in [1.82, 2.24) is 14.9 Å². The van der Waals surface area contributed by atoms with Crippen LogP contribution in [0.25, 0.3) is 0 Å². The van der Waals surface area contributed by atoms with E-state index in [1.807, 2.05) is 33.9 Å². The molecule has 150 valence electrons. The largest absolute Gasteiger partial charge is 0.355 e. The van der Waals surface area contributed by atoms with Crippen LogP contribution in [-0.4, -0.2) is 51.4 Å². The Balaban J connectivity index is 0.00000338. The highest BCUT2D eigenvalue weighted by molar-refractivity contribution is 7.91. The molecule has 0 aromatic carbocycles. The zero-order valence-corrected chi connectivity index (χ0v) is 18.3. The molecule has 2 N–H and O–H groups in total. The highest BCUT2D eigenvalue weighted by Crippen LogP contribution is 2.27. The highest BCUT2D eigenvalue weighted by Gasteiger charge is 2.30. The molecule has 26 heavy (non-hydrogen) atoms. The van der Waals surface area contributed by atoms with Crippen LogP contribution in [0, 0.1) is 5.41 Å². The summed E-state index contributed by atoms with van der Waals surface area (Å²) in [6.45, 7) is 7.23. The summed E-state index contributed by atoms with van der Waals surface area (Å²) in [6.07, 6.45) is 2.52. The van der Waals surface area contributed by atoms with Crippen LogP contribution in [0.4, 0.5) is 0 Å². The maximum absolute atomic E-state index is 12.8. The first kappa shape index (κ1) is 23.4. The number of nitrogens with zero attached hydrogens (tertiary/aromatic N) is 1. The summed E-state index contributed by atoms with van der Waals surface area (Å²) in [5.41, 5.74) is -0.415. The van der Waals surface area contributed by atoms with Crippen molar-refractivity contribution < 1.29 is 13.2 Å². The molecule has 9 heteroatoms. The number of hydrogen-bond donors (Lipinski definition) is 2. The Morgan fingerprint density at radius 3 is 2.65 bits per heavy atom. The summed E-state index contributed by atoms with van der Waals surface area (Å²) >= 11 is 1.30. The van der Waals surface area contributed by atoms with Gasteiger partial charge >= 0.3 is 0 Å². The van der Waals surface area contributed by atoms with E-state index in [0.717, 1.165) is 17.7 Å². The second kappa shape index (κ2) is 9.50. The Morgan fingerprint density at radius 1 is 1.35 bits per heavy atom. The van der Waals surface area contributed by atoms with Gasteiger partial charge in [0.2, 0.25) is 5.91 Å². The molecule has 0 saturated carbocycles. The van der Waals surface area contributed by atoms with Crippen LogP contribution in [0.3, 0.4) is 0 Å². The third-order valence-electron chi connectivity index (χ3n) is 4.36. The maximum atomic E-state index is 12.8. The van der Waals surface area contributed by atoms with Crippen molar-refractivity contribution in [3.05, 3.63) is 17.0 Å². The van der Waals surface area contributed by atoms with E-state index in [-0.39, 0.29) is 24.4 Å². The minimum Gasteiger partial charge on any atom is -0.355 e. The molecule has 2 rings (SSSR count). The number of hydrogen-bond acceptors (Lipinski definition) is 5. The van der Waals surface area contributed by atoms with Gasteiger partial charge in [0, 0.05) is 36.0 Å². The number of halogens is 1. The van der Waals surface area contributed by atoms with E-state index in [1.165, 1.54) is 11.3 Å². The van der Waals surface area contributed by atoms with Crippen molar-refractivity contribution in [2.24, 2.45) is 5.41 Å². The van der Waals surface area contributed by atoms with Gasteiger partial charge in [-0.3, -0.25) is 4.79 Å². The quantitative estimate of drug-likeness (QED) is 0.735. The summed E-state index contributed by atoms with van der Waals surface area (Å²) in [7, 11) is -1.55. The molecule has 1 atom stereocenters. The van der Waals surface area contributed by atoms with Gasteiger partial charge in [-0.25, -0.2) is 8.42 Å². The smallest absolute Gasteiger partial charge is 0.252 e. The van der Waals surface area contributed by atoms with Crippen molar-refractivity contribution in [2.45, 2.75) is 50.3 Å². The number of carbonyl (C=O) groups is 1. The molecule has 1 unspecified atom stereocenters. The third kappa shape index (κ3) is 5.92. The Labute approximate surface area is 167 Å². The van der Waals surface area contributed by atoms with Crippen LogP contribution in [-0.2, 0) is 21.2 Å². The molecule has 1 aliphatic heterocycles. The first-order valence-corrected chi connectivity index (χ1v) is 10.9. The fourth-order valence-electron chi connectivity index (χ4n) is 2.72. The van der Waals surface area contributed by atoms with Gasteiger partial charge in [-0.15, -0.1) is 23.7 Å². The summed E-state index contributed by atoms with van der Waals surface area (Å²) in [6, 6.07) is 3.75. The first-order valence-electron chi connectivity index (χ1n) is 8.69. The predicted octanol–water partition coefficient (Wildman–Crippen LogP) is 2.25. The van der Waals surface area contributed by atoms with Gasteiger partial charge in [0.15, 0.2) is 0 Å². The molecule has 0 aliphatic carbocycles. The molecular weight excluding hydrogens is 394 g/mol. The lowest BCUT2D eigenvalue weighted by atomic mass is 9.96. The van der Waals surface area contributed by atoms with E-state index < -0.39 is 15.4 Å². The van der Waals surface area contributed by atoms with Crippen LogP contribution >= 0.6 is 23.7 Å². The fourth-order valence-corrected chi connectivity index (χ4v) is 5.75. The van der Waals surface area contributed by atoms with Gasteiger partial charge < -0.3 is 10.6 Å². The average Bonchev–Trinajstić information content (AvgIpc) is 3.03. The van der Waals surface area contributed by atoms with Gasteiger partial charge in [0.05, 0.1) is 0 Å². The van der Waals surface area contributed by atoms with Crippen molar-refractivity contribution in [2.75, 3.05) is 26.7 Å². The maximum Gasteiger partial charge on any atom is 0.252 e. The average molecular weight is 424 g/mol. The Kier molecular flexibility index (Phi) is 8.54. The third-order valence-corrected chi connectivity index (χ3v) is 7.84. The second-order valence-corrected chi connectivity index (χ2v) is 10.8. The number of carbonyl (C=O) groups excluding carboxylic acids is 1. The molecule has 0 spiro atoms. The first-order chi connectivity index (χ1) is 11.6. The molecule has 1 aromatic rings. The van der Waals surface area contributed by atoms with Crippen LogP contribution < -0.4 is 10.6 Å². The van der Waals surface area contributed by atoms with Crippen molar-refractivity contribution in [1.29, 1.82) is 0 Å². The van der Waals surface area contributed by atoms with Crippen LogP contribution in [0.15, 0.2) is 16.3 Å². The number of rotatable bonds is 6. The standard InChI is InChI=1S/C17H29N3O3S2.ClH/c1-17(2,3)16(21)19-10-9-14-7-8-15(24-14)25(22,23)20-11-5-6-13(12-20)18-4;/h7-8,13,18H,5-6,9-12H2,1-4H3,(H,19,21);1H. The number of piperidine rings is 1. The van der Waals surface area contributed by atoms with Gasteiger partial charge in [-0.05, 0) is 38.4 Å². The molecular formula is C17H30ClN3O3S2. The molecule has 1 amide bonds. The monoisotopic (exact) mass is 423 g/mol. The number of likely N-dealkylation sites (N-methyl/N-ethyl adjacent to an activating group) is 1. The van der Waals surface area contributed by atoms with Crippen molar-refractivity contribution in [3.63, 3.8) is 0 Å². The van der Waals surface area contributed by atoms with Crippen LogP contribution in [0.2, 0.25) is 0 Å². The zero-order valence-electron chi connectivity index (χ0n) is 15.9. The molecule has 0 bridgehead atoms. The molecule has 1 aliphatic rings. The Morgan fingerprint density at radius 2 is 2.04 bits per heavy atom. The fraction of sp³-hybridized carbons (Fsp3) is 0.706. The number of thiophene rings is 1. The summed E-state index contributed by atoms with van der Waals surface area (Å²) in [4.78, 5) is 12.8. The topological polar surface area (TPSA) is 78.5 Å². The molecule has 1 fully saturated rings. The lowest BCUT2D eigenvalue weighted by Crippen LogP contribution is -2.46. The zero-order chi connectivity index (χ0) is 18.7. The van der Waals surface area contributed by atoms with Gasteiger partial charge in [0.25, 0.3) is 10.0 Å². The molecule has 1 saturated heterocycles. The number of nitrogens with one attached hydrogen (secondary N) is 2. The van der Waals surface area contributed by atoms with E-state index in [1.54, 1.807) is 10.4 Å². The second-order valence-electron chi connectivity index (χ2n) is 7.47. The van der Waals surface area contributed by atoms with Crippen molar-refractivity contribution >= 4 is 39.7 Å². The van der Waals surface area contributed by atoms with Gasteiger partial charge in [-0.1, -0.05) is 20.8 Å². The predicted molar refractivity (Wildman–Crippen MR) is 109 cm³/mol. The Hall–Kier alpha value is -0.670. The minimum atomic E-state index is -3.42. The SMILES string of the molecule is CNC1CCCN(S(=O)(=O)c2ccc(CCNC(=O)C(C)(C)C)s2)C1.Cl. The van der Waals surface area contributed by atoms with E-state index in [9.17, 15) is 13.2 Å². The van der Waals surface area contributed by atoms with Crippen LogP contribution in [0.5, 0.6) is 0 Å². The minimum absolute atomic E-state index is 0. The summed E-state index contributed by atoms with van der Waals surface area (Å²) in [5.74, 6) is 0.00308. The highest BCUT2D eigenvalue weighted by atomic mass is 35.5. The summed E-state index contributed by atoms with van der Waals surface area (Å²) < 4.78 is 27.6. The van der Waals surface area contributed by atoms with Gasteiger partial charge in [0.1, 0.15) is 4.21 Å². The van der Waals surface area contributed by atoms with E-state index in [0.29, 0.717) is 30.3 Å². The normalized spacial score (nSPS) is 19.0. The van der Waals surface area contributed by atoms with Gasteiger partial charge in [-0.2, -0.15) is 4.31 Å². The number of sulfonamides is 1. The molecule has 1 aromatic heterocycles. The lowest BCUT2D eigenvalue weighted by molar-refractivity contribution is -0.128. The van der Waals surface area contributed by atoms with E-state index in [2.05, 4.69) is 10.6 Å². The summed E-state index contributed by atoms with van der Waals surface area (Å²) in [5, 5.41) is 6.07. The van der Waals surface area contributed by atoms with E-state index in [4.69, 9.17) is 0 Å². The molecule has 0 radical (unpaired) electrons. The van der Waals surface area contributed by atoms with E-state index >= 15 is 0 Å². The number of amides is 1. The lowest BCUT2D eigenvalue weighted by Gasteiger charge is -2.31.